The summed E-state index contributed by atoms with van der Waals surface area (Å²) in [5.74, 6) is -1.50. The van der Waals surface area contributed by atoms with E-state index in [0.29, 0.717) is 16.0 Å². The van der Waals surface area contributed by atoms with Crippen molar-refractivity contribution in [2.45, 2.75) is 58.5 Å². The monoisotopic (exact) mass is 422 g/mol. The van der Waals surface area contributed by atoms with Crippen molar-refractivity contribution in [3.05, 3.63) is 29.8 Å². The molecule has 1 saturated heterocycles. The summed E-state index contributed by atoms with van der Waals surface area (Å²) in [6, 6.07) is 5.16. The molecule has 2 aromatic rings. The van der Waals surface area contributed by atoms with Gasteiger partial charge in [0.2, 0.25) is 0 Å². The van der Waals surface area contributed by atoms with Crippen molar-refractivity contribution in [3.8, 4) is 5.75 Å². The van der Waals surface area contributed by atoms with Crippen LogP contribution in [0.3, 0.4) is 0 Å². The summed E-state index contributed by atoms with van der Waals surface area (Å²) in [5.41, 5.74) is -0.343. The van der Waals surface area contributed by atoms with E-state index in [1.165, 1.54) is 7.11 Å². The average Bonchev–Trinajstić information content (AvgIpc) is 2.82. The summed E-state index contributed by atoms with van der Waals surface area (Å²) in [5, 5.41) is 1.09. The van der Waals surface area contributed by atoms with Crippen LogP contribution in [0.2, 0.25) is 19.6 Å². The third-order valence-corrected chi connectivity index (χ3v) is 7.75. The van der Waals surface area contributed by atoms with Gasteiger partial charge in [-0.25, -0.2) is 8.78 Å². The molecule has 0 N–H and O–H groups in total. The van der Waals surface area contributed by atoms with Crippen molar-refractivity contribution >= 4 is 36.6 Å². The molecule has 1 aliphatic heterocycles. The fourth-order valence-electron chi connectivity index (χ4n) is 3.35. The van der Waals surface area contributed by atoms with Gasteiger partial charge in [-0.1, -0.05) is 31.8 Å². The lowest BCUT2D eigenvalue weighted by Gasteiger charge is -2.32. The van der Waals surface area contributed by atoms with Gasteiger partial charge < -0.3 is 18.8 Å². The Balaban J connectivity index is 2.22. The molecule has 1 heterocycles. The third-order valence-electron chi connectivity index (χ3n) is 5.77. The molecule has 29 heavy (non-hydrogen) atoms. The second-order valence-electron chi connectivity index (χ2n) is 9.56. The Bertz CT molecular complexity index is 925. The molecule has 0 aliphatic carbocycles. The van der Waals surface area contributed by atoms with Crippen LogP contribution < -0.4 is 15.4 Å². The van der Waals surface area contributed by atoms with E-state index in [0.717, 1.165) is 0 Å². The summed E-state index contributed by atoms with van der Waals surface area (Å²) in [4.78, 5) is 0. The summed E-state index contributed by atoms with van der Waals surface area (Å²) < 4.78 is 52.8. The van der Waals surface area contributed by atoms with Gasteiger partial charge in [0.05, 0.1) is 24.7 Å². The minimum atomic E-state index is -2.11. The molecule has 1 fully saturated rings. The Kier molecular flexibility index (Phi) is 5.62. The second kappa shape index (κ2) is 7.34. The minimum Gasteiger partial charge on any atom is -0.467 e. The highest BCUT2D eigenvalue weighted by atomic mass is 28.3. The normalized spacial score (nSPS) is 18.5. The van der Waals surface area contributed by atoms with Crippen molar-refractivity contribution < 1.29 is 27.6 Å². The van der Waals surface area contributed by atoms with E-state index in [4.69, 9.17) is 18.8 Å². The van der Waals surface area contributed by atoms with Crippen LogP contribution in [-0.2, 0) is 14.0 Å². The van der Waals surface area contributed by atoms with Gasteiger partial charge in [0, 0.05) is 7.11 Å². The summed E-state index contributed by atoms with van der Waals surface area (Å²) in [6.45, 7) is 13.7. The molecule has 8 heteroatoms. The molecule has 1 aliphatic rings. The van der Waals surface area contributed by atoms with E-state index in [1.807, 2.05) is 47.3 Å². The first kappa shape index (κ1) is 22.2. The zero-order chi connectivity index (χ0) is 21.8. The largest absolute Gasteiger partial charge is 0.494 e. The van der Waals surface area contributed by atoms with Crippen LogP contribution in [0.25, 0.3) is 10.8 Å². The highest BCUT2D eigenvalue weighted by Crippen LogP contribution is 2.37. The number of methoxy groups -OCH3 is 1. The molecule has 0 atom stereocenters. The number of fused-ring (bicyclic) bond motifs is 1. The minimum absolute atomic E-state index is 0.0846. The highest BCUT2D eigenvalue weighted by molar-refractivity contribution is 6.88. The van der Waals surface area contributed by atoms with Gasteiger partial charge in [0.25, 0.3) is 0 Å². The highest BCUT2D eigenvalue weighted by Gasteiger charge is 2.52. The third kappa shape index (κ3) is 3.95. The fourth-order valence-corrected chi connectivity index (χ4v) is 4.71. The lowest BCUT2D eigenvalue weighted by Crippen LogP contribution is -2.41. The average molecular weight is 422 g/mol. The Morgan fingerprint density at radius 3 is 2.07 bits per heavy atom. The van der Waals surface area contributed by atoms with Crippen LogP contribution in [0.5, 0.6) is 5.75 Å². The predicted molar refractivity (Wildman–Crippen MR) is 115 cm³/mol. The SMILES string of the molecule is COCOc1cc(B2OC(C)(C)C(C)(C)O2)cc2cc([Si](C)(C)C)c(F)c(F)c12. The topological polar surface area (TPSA) is 36.9 Å². The Morgan fingerprint density at radius 2 is 1.55 bits per heavy atom. The van der Waals surface area contributed by atoms with E-state index >= 15 is 4.39 Å². The maximum Gasteiger partial charge on any atom is 0.494 e. The van der Waals surface area contributed by atoms with E-state index in [-0.39, 0.29) is 17.9 Å². The lowest BCUT2D eigenvalue weighted by atomic mass is 9.78. The van der Waals surface area contributed by atoms with Crippen LogP contribution in [0, 0.1) is 11.6 Å². The number of hydrogen-bond donors (Lipinski definition) is 0. The Labute approximate surface area is 172 Å². The van der Waals surface area contributed by atoms with Crippen molar-refractivity contribution in [2.24, 2.45) is 0 Å². The van der Waals surface area contributed by atoms with Crippen LogP contribution in [0.1, 0.15) is 27.7 Å². The van der Waals surface area contributed by atoms with Gasteiger partial charge in [-0.3, -0.25) is 0 Å². The molecule has 158 valence electrons. The molecular weight excluding hydrogens is 393 g/mol. The van der Waals surface area contributed by atoms with Gasteiger partial charge in [-0.15, -0.1) is 0 Å². The van der Waals surface area contributed by atoms with Crippen LogP contribution in [0.4, 0.5) is 8.78 Å². The number of hydrogen-bond acceptors (Lipinski definition) is 4. The molecular formula is C21H29BF2O4Si. The van der Waals surface area contributed by atoms with Crippen molar-refractivity contribution in [1.82, 2.24) is 0 Å². The first-order chi connectivity index (χ1) is 13.3. The summed E-state index contributed by atoms with van der Waals surface area (Å²) in [6.07, 6.45) is 0. The van der Waals surface area contributed by atoms with Crippen molar-refractivity contribution in [1.29, 1.82) is 0 Å². The van der Waals surface area contributed by atoms with E-state index in [9.17, 15) is 4.39 Å². The molecule has 3 rings (SSSR count). The van der Waals surface area contributed by atoms with Gasteiger partial charge >= 0.3 is 7.12 Å². The van der Waals surface area contributed by atoms with Gasteiger partial charge in [0.15, 0.2) is 18.4 Å². The number of benzene rings is 2. The van der Waals surface area contributed by atoms with E-state index in [1.54, 1.807) is 18.2 Å². The van der Waals surface area contributed by atoms with Gasteiger partial charge in [-0.05, 0) is 49.8 Å². The maximum absolute atomic E-state index is 15.1. The molecule has 2 aromatic carbocycles. The Hall–Kier alpha value is -1.48. The number of ether oxygens (including phenoxy) is 2. The standard InChI is InChI=1S/C21H29BF2O4Si/c1-20(2)21(3,4)28-22(27-20)14-9-13-10-16(29(6,7)8)18(23)19(24)17(13)15(11-14)26-12-25-5/h9-11H,12H2,1-8H3. The maximum atomic E-state index is 15.1. The molecule has 0 spiro atoms. The number of halogens is 2. The van der Waals surface area contributed by atoms with Crippen LogP contribution in [-0.4, -0.2) is 40.3 Å². The van der Waals surface area contributed by atoms with Crippen LogP contribution >= 0.6 is 0 Å². The van der Waals surface area contributed by atoms with Crippen LogP contribution in [0.15, 0.2) is 18.2 Å². The smallest absolute Gasteiger partial charge is 0.467 e. The molecule has 0 bridgehead atoms. The van der Waals surface area contributed by atoms with E-state index < -0.39 is 38.0 Å². The number of rotatable bonds is 5. The van der Waals surface area contributed by atoms with Crippen molar-refractivity contribution in [3.63, 3.8) is 0 Å². The molecule has 0 amide bonds. The first-order valence-electron chi connectivity index (χ1n) is 9.72. The molecule has 0 unspecified atom stereocenters. The predicted octanol–water partition coefficient (Wildman–Crippen LogP) is 3.95. The van der Waals surface area contributed by atoms with Gasteiger partial charge in [0.1, 0.15) is 5.75 Å². The molecule has 0 radical (unpaired) electrons. The zero-order valence-corrected chi connectivity index (χ0v) is 19.4. The lowest BCUT2D eigenvalue weighted by molar-refractivity contribution is 0.00578. The zero-order valence-electron chi connectivity index (χ0n) is 18.4. The van der Waals surface area contributed by atoms with Crippen molar-refractivity contribution in [2.75, 3.05) is 13.9 Å². The van der Waals surface area contributed by atoms with E-state index in [2.05, 4.69) is 0 Å². The molecule has 0 aromatic heterocycles. The second-order valence-corrected chi connectivity index (χ2v) is 14.6. The molecule has 0 saturated carbocycles. The summed E-state index contributed by atoms with van der Waals surface area (Å²) in [7, 11) is -1.28. The fraction of sp³-hybridized carbons (Fsp3) is 0.524. The molecule has 4 nitrogen and oxygen atoms in total. The quantitative estimate of drug-likeness (QED) is 0.540. The Morgan fingerprint density at radius 1 is 0.966 bits per heavy atom. The summed E-state index contributed by atoms with van der Waals surface area (Å²) >= 11 is 0. The van der Waals surface area contributed by atoms with Gasteiger partial charge in [-0.2, -0.15) is 0 Å². The first-order valence-corrected chi connectivity index (χ1v) is 13.2.